The Bertz CT molecular complexity index is 819. The van der Waals surface area contributed by atoms with Gasteiger partial charge in [-0.15, -0.1) is 0 Å². The smallest absolute Gasteiger partial charge is 0.134 e. The van der Waals surface area contributed by atoms with Gasteiger partial charge in [0, 0.05) is 21.9 Å². The maximum Gasteiger partial charge on any atom is 0.134 e. The van der Waals surface area contributed by atoms with Gasteiger partial charge in [-0.3, -0.25) is 0 Å². The lowest BCUT2D eigenvalue weighted by atomic mass is 9.95. The molecular formula is C19H14ClFIN. The summed E-state index contributed by atoms with van der Waals surface area (Å²) in [6.45, 7) is 4.09. The van der Waals surface area contributed by atoms with Gasteiger partial charge in [0.25, 0.3) is 0 Å². The highest BCUT2D eigenvalue weighted by Gasteiger charge is 2.26. The van der Waals surface area contributed by atoms with Crippen molar-refractivity contribution in [3.8, 4) is 0 Å². The van der Waals surface area contributed by atoms with E-state index in [0.717, 1.165) is 26.1 Å². The summed E-state index contributed by atoms with van der Waals surface area (Å²) in [5.74, 6) is -0.342. The molecule has 116 valence electrons. The average Bonchev–Trinajstić information content (AvgIpc) is 2.55. The van der Waals surface area contributed by atoms with Crippen LogP contribution in [-0.2, 0) is 0 Å². The highest BCUT2D eigenvalue weighted by Crippen LogP contribution is 2.42. The Hall–Kier alpha value is -1.59. The summed E-state index contributed by atoms with van der Waals surface area (Å²) in [6, 6.07) is 14.6. The molecule has 0 spiro atoms. The molecule has 3 rings (SSSR count). The fourth-order valence-corrected chi connectivity index (χ4v) is 3.54. The number of likely N-dealkylation sites (N-methyl/N-ethyl adjacent to an activating group) is 1. The van der Waals surface area contributed by atoms with Crippen LogP contribution in [0.4, 0.5) is 4.39 Å². The van der Waals surface area contributed by atoms with Gasteiger partial charge in [-0.1, -0.05) is 54.6 Å². The van der Waals surface area contributed by atoms with E-state index in [1.54, 1.807) is 12.1 Å². The Kier molecular flexibility index (Phi) is 4.60. The zero-order chi connectivity index (χ0) is 16.6. The first-order chi connectivity index (χ1) is 11.0. The summed E-state index contributed by atoms with van der Waals surface area (Å²) in [5, 5.41) is 0.387. The highest BCUT2D eigenvalue weighted by molar-refractivity contribution is 14.1. The molecule has 1 heterocycles. The minimum absolute atomic E-state index is 0.342. The van der Waals surface area contributed by atoms with Gasteiger partial charge in [-0.25, -0.2) is 4.39 Å². The zero-order valence-electron chi connectivity index (χ0n) is 12.5. The van der Waals surface area contributed by atoms with Crippen molar-refractivity contribution < 1.29 is 4.39 Å². The van der Waals surface area contributed by atoms with E-state index in [4.69, 9.17) is 11.6 Å². The first-order valence-corrected chi connectivity index (χ1v) is 8.50. The second-order valence-electron chi connectivity index (χ2n) is 5.22. The van der Waals surface area contributed by atoms with E-state index in [2.05, 4.69) is 29.2 Å². The molecule has 0 bridgehead atoms. The van der Waals surface area contributed by atoms with Crippen molar-refractivity contribution in [1.29, 1.82) is 0 Å². The predicted octanol–water partition coefficient (Wildman–Crippen LogP) is 6.13. The van der Waals surface area contributed by atoms with Crippen LogP contribution in [0.2, 0.25) is 5.02 Å². The van der Waals surface area contributed by atoms with E-state index >= 15 is 0 Å². The predicted molar refractivity (Wildman–Crippen MR) is 104 cm³/mol. The normalized spacial score (nSPS) is 15.0. The number of benzene rings is 2. The van der Waals surface area contributed by atoms with Gasteiger partial charge >= 0.3 is 0 Å². The Morgan fingerprint density at radius 3 is 2.43 bits per heavy atom. The fourth-order valence-electron chi connectivity index (χ4n) is 2.62. The van der Waals surface area contributed by atoms with E-state index in [1.807, 2.05) is 48.4 Å². The van der Waals surface area contributed by atoms with E-state index in [0.29, 0.717) is 10.6 Å². The van der Waals surface area contributed by atoms with Gasteiger partial charge in [0.2, 0.25) is 0 Å². The summed E-state index contributed by atoms with van der Waals surface area (Å²) in [6.07, 6.45) is 2.02. The van der Waals surface area contributed by atoms with Gasteiger partial charge < -0.3 is 4.90 Å². The van der Waals surface area contributed by atoms with Crippen molar-refractivity contribution in [1.82, 2.24) is 4.90 Å². The van der Waals surface area contributed by atoms with E-state index in [9.17, 15) is 4.39 Å². The summed E-state index contributed by atoms with van der Waals surface area (Å²) < 4.78 is 15.5. The standard InChI is InChI=1S/C19H14ClFIN/c1-12-17(22)11-14(13-7-4-3-5-8-13)19(23(12)2)18-15(20)9-6-10-16(18)21/h3-11H,1H2,2H3. The lowest BCUT2D eigenvalue weighted by Crippen LogP contribution is -2.21. The van der Waals surface area contributed by atoms with Gasteiger partial charge in [-0.05, 0) is 46.4 Å². The molecule has 23 heavy (non-hydrogen) atoms. The molecule has 0 unspecified atom stereocenters. The molecule has 1 aliphatic heterocycles. The SMILES string of the molecule is C=C1C(I)=CC(c2ccccc2)=C(c2c(F)cccc2Cl)N1C. The molecule has 0 N–H and O–H groups in total. The van der Waals surface area contributed by atoms with Crippen molar-refractivity contribution in [2.45, 2.75) is 0 Å². The van der Waals surface area contributed by atoms with Crippen molar-refractivity contribution in [3.05, 3.63) is 92.4 Å². The number of halogens is 3. The second-order valence-corrected chi connectivity index (χ2v) is 6.79. The van der Waals surface area contributed by atoms with Crippen molar-refractivity contribution in [3.63, 3.8) is 0 Å². The van der Waals surface area contributed by atoms with E-state index < -0.39 is 0 Å². The van der Waals surface area contributed by atoms with Crippen molar-refractivity contribution >= 4 is 45.5 Å². The molecule has 2 aromatic carbocycles. The number of rotatable bonds is 2. The molecule has 2 aromatic rings. The van der Waals surface area contributed by atoms with Gasteiger partial charge in [-0.2, -0.15) is 0 Å². The number of hydrogen-bond donors (Lipinski definition) is 0. The Labute approximate surface area is 153 Å². The van der Waals surface area contributed by atoms with Crippen LogP contribution in [-0.4, -0.2) is 11.9 Å². The molecule has 0 aliphatic carbocycles. The maximum absolute atomic E-state index is 14.5. The van der Waals surface area contributed by atoms with Gasteiger partial charge in [0.1, 0.15) is 5.82 Å². The van der Waals surface area contributed by atoms with E-state index in [-0.39, 0.29) is 5.82 Å². The molecule has 1 nitrogen and oxygen atoms in total. The minimum atomic E-state index is -0.342. The number of hydrogen-bond acceptors (Lipinski definition) is 1. The third-order valence-electron chi connectivity index (χ3n) is 3.83. The van der Waals surface area contributed by atoms with Gasteiger partial charge in [0.15, 0.2) is 0 Å². The van der Waals surface area contributed by atoms with Crippen LogP contribution < -0.4 is 0 Å². The molecule has 4 heteroatoms. The van der Waals surface area contributed by atoms with Crippen LogP contribution in [0.25, 0.3) is 11.3 Å². The third kappa shape index (κ3) is 2.95. The monoisotopic (exact) mass is 437 g/mol. The Balaban J connectivity index is 2.36. The Morgan fingerprint density at radius 1 is 1.09 bits per heavy atom. The highest BCUT2D eigenvalue weighted by atomic mass is 127. The van der Waals surface area contributed by atoms with Crippen molar-refractivity contribution in [2.75, 3.05) is 7.05 Å². The first-order valence-electron chi connectivity index (χ1n) is 7.05. The summed E-state index contributed by atoms with van der Waals surface area (Å²) in [7, 11) is 1.88. The zero-order valence-corrected chi connectivity index (χ0v) is 15.4. The quantitative estimate of drug-likeness (QED) is 0.511. The minimum Gasteiger partial charge on any atom is -0.343 e. The molecule has 0 saturated heterocycles. The fraction of sp³-hybridized carbons (Fsp3) is 0.0526. The lowest BCUT2D eigenvalue weighted by molar-refractivity contribution is 0.588. The van der Waals surface area contributed by atoms with Crippen LogP contribution >= 0.6 is 34.2 Å². The molecule has 0 saturated carbocycles. The Morgan fingerprint density at radius 2 is 1.78 bits per heavy atom. The number of nitrogens with zero attached hydrogens (tertiary/aromatic N) is 1. The van der Waals surface area contributed by atoms with Crippen LogP contribution in [0.15, 0.2) is 70.5 Å². The van der Waals surface area contributed by atoms with Crippen LogP contribution in [0.1, 0.15) is 11.1 Å². The molecule has 0 atom stereocenters. The molecule has 1 aliphatic rings. The first kappa shape index (κ1) is 16.3. The summed E-state index contributed by atoms with van der Waals surface area (Å²) in [5.41, 5.74) is 3.88. The average molecular weight is 438 g/mol. The molecular weight excluding hydrogens is 424 g/mol. The molecule has 0 fully saturated rings. The second kappa shape index (κ2) is 6.49. The topological polar surface area (TPSA) is 3.24 Å². The summed E-state index contributed by atoms with van der Waals surface area (Å²) >= 11 is 8.56. The maximum atomic E-state index is 14.5. The molecule has 0 radical (unpaired) electrons. The molecule has 0 amide bonds. The van der Waals surface area contributed by atoms with Crippen LogP contribution in [0, 0.1) is 5.82 Å². The summed E-state index contributed by atoms with van der Waals surface area (Å²) in [4.78, 5) is 1.90. The van der Waals surface area contributed by atoms with Crippen molar-refractivity contribution in [2.24, 2.45) is 0 Å². The van der Waals surface area contributed by atoms with Gasteiger partial charge in [0.05, 0.1) is 16.3 Å². The molecule has 0 aromatic heterocycles. The lowest BCUT2D eigenvalue weighted by Gasteiger charge is -2.32. The van der Waals surface area contributed by atoms with Crippen LogP contribution in [0.5, 0.6) is 0 Å². The third-order valence-corrected chi connectivity index (χ3v) is 5.08. The number of allylic oxidation sites excluding steroid dienone is 3. The van der Waals surface area contributed by atoms with E-state index in [1.165, 1.54) is 6.07 Å². The van der Waals surface area contributed by atoms with Crippen LogP contribution in [0.3, 0.4) is 0 Å². The largest absolute Gasteiger partial charge is 0.343 e.